The van der Waals surface area contributed by atoms with Gasteiger partial charge in [-0.1, -0.05) is 24.3 Å². The van der Waals surface area contributed by atoms with Crippen molar-refractivity contribution < 1.29 is 14.4 Å². The lowest BCUT2D eigenvalue weighted by molar-refractivity contribution is -0.137. The fraction of sp³-hybridized carbons (Fsp3) is 0.364. The molecule has 0 radical (unpaired) electrons. The van der Waals surface area contributed by atoms with E-state index in [0.29, 0.717) is 25.2 Å². The highest BCUT2D eigenvalue weighted by Crippen LogP contribution is 2.35. The maximum atomic E-state index is 13.2. The van der Waals surface area contributed by atoms with E-state index in [4.69, 9.17) is 5.73 Å². The second kappa shape index (κ2) is 8.14. The quantitative estimate of drug-likeness (QED) is 0.748. The average Bonchev–Trinajstić information content (AvgIpc) is 2.73. The van der Waals surface area contributed by atoms with Crippen LogP contribution >= 0.6 is 0 Å². The lowest BCUT2D eigenvalue weighted by Gasteiger charge is -2.43. The van der Waals surface area contributed by atoms with Crippen LogP contribution in [-0.2, 0) is 16.1 Å². The third-order valence-electron chi connectivity index (χ3n) is 5.84. The van der Waals surface area contributed by atoms with Gasteiger partial charge < -0.3 is 20.5 Å². The molecule has 8 nitrogen and oxygen atoms in total. The summed E-state index contributed by atoms with van der Waals surface area (Å²) in [5, 5.41) is 2.67. The maximum Gasteiger partial charge on any atom is 0.251 e. The minimum atomic E-state index is -1.02. The summed E-state index contributed by atoms with van der Waals surface area (Å²) in [6, 6.07) is 12.7. The fourth-order valence-electron chi connectivity index (χ4n) is 4.53. The molecule has 1 saturated heterocycles. The van der Waals surface area contributed by atoms with E-state index in [0.717, 1.165) is 12.1 Å². The van der Waals surface area contributed by atoms with Gasteiger partial charge in [-0.05, 0) is 30.5 Å². The molecular weight excluding hydrogens is 384 g/mol. The highest BCUT2D eigenvalue weighted by molar-refractivity contribution is 5.98. The van der Waals surface area contributed by atoms with Crippen LogP contribution in [0.4, 0.5) is 0 Å². The Hall–Kier alpha value is -3.42. The van der Waals surface area contributed by atoms with Crippen LogP contribution in [0.2, 0.25) is 0 Å². The van der Waals surface area contributed by atoms with Gasteiger partial charge >= 0.3 is 0 Å². The van der Waals surface area contributed by atoms with Crippen LogP contribution in [0, 0.1) is 5.92 Å². The van der Waals surface area contributed by atoms with E-state index in [-0.39, 0.29) is 29.7 Å². The van der Waals surface area contributed by atoms with Crippen LogP contribution in [0.5, 0.6) is 0 Å². The van der Waals surface area contributed by atoms with Gasteiger partial charge in [0.25, 0.3) is 11.5 Å². The summed E-state index contributed by atoms with van der Waals surface area (Å²) in [6.07, 6.45) is 0.642. The SMILES string of the molecule is NC(=O)C[C@H](NC(=O)c1ccccc1)C(=O)N1C[C@H]2C[C@H](C1)c1cccc(=O)n1C2. The lowest BCUT2D eigenvalue weighted by Crippen LogP contribution is -2.55. The molecule has 1 aromatic heterocycles. The predicted octanol–water partition coefficient (Wildman–Crippen LogP) is 0.468. The van der Waals surface area contributed by atoms with Crippen molar-refractivity contribution in [1.82, 2.24) is 14.8 Å². The molecule has 2 aliphatic rings. The van der Waals surface area contributed by atoms with Crippen molar-refractivity contribution in [2.75, 3.05) is 13.1 Å². The Morgan fingerprint density at radius 1 is 1.03 bits per heavy atom. The van der Waals surface area contributed by atoms with Gasteiger partial charge in [0.2, 0.25) is 11.8 Å². The van der Waals surface area contributed by atoms with Crippen LogP contribution in [0.3, 0.4) is 0 Å². The molecule has 1 aromatic carbocycles. The molecule has 4 rings (SSSR count). The summed E-state index contributed by atoms with van der Waals surface area (Å²) in [5.74, 6) is -1.20. The van der Waals surface area contributed by atoms with Crippen LogP contribution < -0.4 is 16.6 Å². The van der Waals surface area contributed by atoms with Crippen molar-refractivity contribution in [2.24, 2.45) is 11.7 Å². The van der Waals surface area contributed by atoms with Crippen molar-refractivity contribution >= 4 is 17.7 Å². The summed E-state index contributed by atoms with van der Waals surface area (Å²) >= 11 is 0. The van der Waals surface area contributed by atoms with Gasteiger partial charge in [-0.3, -0.25) is 19.2 Å². The third kappa shape index (κ3) is 3.98. The maximum absolute atomic E-state index is 13.2. The van der Waals surface area contributed by atoms with E-state index < -0.39 is 17.9 Å². The zero-order chi connectivity index (χ0) is 21.3. The number of fused-ring (bicyclic) bond motifs is 4. The number of piperidine rings is 1. The zero-order valence-corrected chi connectivity index (χ0v) is 16.5. The van der Waals surface area contributed by atoms with Gasteiger partial charge in [0.1, 0.15) is 6.04 Å². The van der Waals surface area contributed by atoms with E-state index in [1.165, 1.54) is 0 Å². The zero-order valence-electron chi connectivity index (χ0n) is 16.5. The summed E-state index contributed by atoms with van der Waals surface area (Å²) in [6.45, 7) is 1.48. The Morgan fingerprint density at radius 2 is 1.80 bits per heavy atom. The van der Waals surface area contributed by atoms with E-state index >= 15 is 0 Å². The number of nitrogens with one attached hydrogen (secondary N) is 1. The minimum Gasteiger partial charge on any atom is -0.370 e. The number of benzene rings is 1. The third-order valence-corrected chi connectivity index (χ3v) is 5.84. The largest absolute Gasteiger partial charge is 0.370 e. The first-order valence-corrected chi connectivity index (χ1v) is 10.0. The number of hydrogen-bond donors (Lipinski definition) is 2. The number of hydrogen-bond acceptors (Lipinski definition) is 4. The summed E-state index contributed by atoms with van der Waals surface area (Å²) < 4.78 is 1.79. The summed E-state index contributed by atoms with van der Waals surface area (Å²) in [7, 11) is 0. The first kappa shape index (κ1) is 19.9. The first-order valence-electron chi connectivity index (χ1n) is 10.0. The number of nitrogens with two attached hydrogens (primary N) is 1. The molecular formula is C22H24N4O4. The number of rotatable bonds is 5. The molecule has 156 valence electrons. The number of carbonyl (C=O) groups excluding carboxylic acids is 3. The number of nitrogens with zero attached hydrogens (tertiary/aromatic N) is 2. The van der Waals surface area contributed by atoms with Crippen molar-refractivity contribution in [1.29, 1.82) is 0 Å². The molecule has 3 atom stereocenters. The minimum absolute atomic E-state index is 0.0243. The second-order valence-corrected chi connectivity index (χ2v) is 8.00. The Balaban J connectivity index is 1.53. The van der Waals surface area contributed by atoms with E-state index in [2.05, 4.69) is 5.32 Å². The number of aromatic nitrogens is 1. The van der Waals surface area contributed by atoms with E-state index in [1.807, 2.05) is 6.07 Å². The van der Waals surface area contributed by atoms with Crippen molar-refractivity contribution in [3.05, 3.63) is 70.1 Å². The van der Waals surface area contributed by atoms with Gasteiger partial charge in [-0.15, -0.1) is 0 Å². The highest BCUT2D eigenvalue weighted by Gasteiger charge is 2.38. The Morgan fingerprint density at radius 3 is 2.53 bits per heavy atom. The van der Waals surface area contributed by atoms with Crippen molar-refractivity contribution in [3.63, 3.8) is 0 Å². The van der Waals surface area contributed by atoms with E-state index in [1.54, 1.807) is 51.9 Å². The smallest absolute Gasteiger partial charge is 0.251 e. The van der Waals surface area contributed by atoms with Crippen molar-refractivity contribution in [2.45, 2.75) is 31.3 Å². The summed E-state index contributed by atoms with van der Waals surface area (Å²) in [5.41, 5.74) is 6.66. The van der Waals surface area contributed by atoms with Crippen LogP contribution in [0.15, 0.2) is 53.3 Å². The molecule has 0 aliphatic carbocycles. The molecule has 0 spiro atoms. The van der Waals surface area contributed by atoms with Crippen LogP contribution in [0.25, 0.3) is 0 Å². The average molecular weight is 408 g/mol. The number of carbonyl (C=O) groups is 3. The number of pyridine rings is 1. The topological polar surface area (TPSA) is 114 Å². The van der Waals surface area contributed by atoms with Crippen LogP contribution in [-0.4, -0.2) is 46.3 Å². The monoisotopic (exact) mass is 408 g/mol. The highest BCUT2D eigenvalue weighted by atomic mass is 16.2. The van der Waals surface area contributed by atoms with Gasteiger partial charge in [0.05, 0.1) is 6.42 Å². The second-order valence-electron chi connectivity index (χ2n) is 8.00. The molecule has 0 unspecified atom stereocenters. The number of primary amides is 1. The predicted molar refractivity (Wildman–Crippen MR) is 110 cm³/mol. The molecule has 1 fully saturated rings. The Kier molecular flexibility index (Phi) is 5.39. The Bertz CT molecular complexity index is 1030. The molecule has 3 N–H and O–H groups in total. The molecule has 3 amide bonds. The van der Waals surface area contributed by atoms with Gasteiger partial charge in [-0.25, -0.2) is 0 Å². The normalized spacial score (nSPS) is 20.7. The molecule has 2 aliphatic heterocycles. The number of amides is 3. The molecule has 3 heterocycles. The van der Waals surface area contributed by atoms with E-state index in [9.17, 15) is 19.2 Å². The van der Waals surface area contributed by atoms with Crippen molar-refractivity contribution in [3.8, 4) is 0 Å². The molecule has 30 heavy (non-hydrogen) atoms. The lowest BCUT2D eigenvalue weighted by atomic mass is 9.83. The summed E-state index contributed by atoms with van der Waals surface area (Å²) in [4.78, 5) is 51.2. The Labute approximate surface area is 173 Å². The molecule has 8 heteroatoms. The molecule has 2 aromatic rings. The number of likely N-dealkylation sites (tertiary alicyclic amines) is 1. The fourth-order valence-corrected chi connectivity index (χ4v) is 4.53. The first-order chi connectivity index (χ1) is 14.4. The van der Waals surface area contributed by atoms with Gasteiger partial charge in [0, 0.05) is 42.9 Å². The van der Waals surface area contributed by atoms with Gasteiger partial charge in [-0.2, -0.15) is 0 Å². The molecule has 2 bridgehead atoms. The van der Waals surface area contributed by atoms with Gasteiger partial charge in [0.15, 0.2) is 0 Å². The van der Waals surface area contributed by atoms with Crippen LogP contribution in [0.1, 0.15) is 34.8 Å². The standard InChI is InChI=1S/C22H24N4O4/c23-19(27)10-17(24-21(29)15-5-2-1-3-6-15)22(30)25-11-14-9-16(13-25)18-7-4-8-20(28)26(18)12-14/h1-8,14,16-17H,9-13H2,(H2,23,27)(H,24,29)/t14-,16-,17+/m1/s1. The molecule has 0 saturated carbocycles.